The number of rotatable bonds is 6. The van der Waals surface area contributed by atoms with Crippen molar-refractivity contribution in [2.24, 2.45) is 0 Å². The zero-order chi connectivity index (χ0) is 15.2. The molecule has 0 aliphatic carbocycles. The van der Waals surface area contributed by atoms with Crippen LogP contribution in [-0.4, -0.2) is 7.11 Å². The second-order valence-electron chi connectivity index (χ2n) is 5.03. The summed E-state index contributed by atoms with van der Waals surface area (Å²) < 4.78 is 31.2. The van der Waals surface area contributed by atoms with Gasteiger partial charge in [0.15, 0.2) is 11.6 Å². The lowest BCUT2D eigenvalue weighted by molar-refractivity contribution is 0.185. The quantitative estimate of drug-likeness (QED) is 0.869. The Hall–Kier alpha value is -1.78. The molecule has 0 aliphatic rings. The first-order valence-electron chi connectivity index (χ1n) is 6.85. The first kappa shape index (κ1) is 15.6. The topological polar surface area (TPSA) is 21.3 Å². The smallest absolute Gasteiger partial charge is 0.159 e. The van der Waals surface area contributed by atoms with E-state index in [-0.39, 0.29) is 6.04 Å². The maximum absolute atomic E-state index is 13.2. The van der Waals surface area contributed by atoms with Crippen molar-refractivity contribution in [3.8, 4) is 0 Å². The fourth-order valence-corrected chi connectivity index (χ4v) is 2.09. The van der Waals surface area contributed by atoms with Gasteiger partial charge >= 0.3 is 0 Å². The van der Waals surface area contributed by atoms with E-state index in [0.717, 1.165) is 22.8 Å². The normalized spacial score (nSPS) is 12.4. The molecule has 1 atom stereocenters. The molecule has 0 saturated carbocycles. The van der Waals surface area contributed by atoms with Crippen LogP contribution in [0.25, 0.3) is 0 Å². The van der Waals surface area contributed by atoms with Gasteiger partial charge in [-0.2, -0.15) is 0 Å². The SMILES string of the molecule is COCc1ccc(CNC(C)c2ccc(F)c(F)c2)cc1. The highest BCUT2D eigenvalue weighted by molar-refractivity contribution is 5.23. The van der Waals surface area contributed by atoms with Gasteiger partial charge in [-0.25, -0.2) is 8.78 Å². The van der Waals surface area contributed by atoms with E-state index in [1.165, 1.54) is 6.07 Å². The lowest BCUT2D eigenvalue weighted by atomic mass is 10.1. The lowest BCUT2D eigenvalue weighted by Crippen LogP contribution is -2.18. The molecule has 0 heterocycles. The summed E-state index contributed by atoms with van der Waals surface area (Å²) in [5.74, 6) is -1.63. The fraction of sp³-hybridized carbons (Fsp3) is 0.294. The summed E-state index contributed by atoms with van der Waals surface area (Å²) >= 11 is 0. The van der Waals surface area contributed by atoms with Crippen molar-refractivity contribution in [1.82, 2.24) is 5.32 Å². The number of methoxy groups -OCH3 is 1. The van der Waals surface area contributed by atoms with Crippen molar-refractivity contribution in [1.29, 1.82) is 0 Å². The summed E-state index contributed by atoms with van der Waals surface area (Å²) in [6, 6.07) is 12.0. The Bertz CT molecular complexity index is 584. The van der Waals surface area contributed by atoms with Gasteiger partial charge in [0.1, 0.15) is 0 Å². The molecule has 2 aromatic carbocycles. The molecule has 2 nitrogen and oxygen atoms in total. The minimum Gasteiger partial charge on any atom is -0.380 e. The molecule has 0 amide bonds. The molecule has 4 heteroatoms. The van der Waals surface area contributed by atoms with Crippen molar-refractivity contribution >= 4 is 0 Å². The highest BCUT2D eigenvalue weighted by atomic mass is 19.2. The first-order chi connectivity index (χ1) is 10.1. The number of nitrogens with one attached hydrogen (secondary N) is 1. The van der Waals surface area contributed by atoms with E-state index < -0.39 is 11.6 Å². The molecule has 0 radical (unpaired) electrons. The molecular formula is C17H19F2NO. The Morgan fingerprint density at radius 2 is 1.67 bits per heavy atom. The van der Waals surface area contributed by atoms with Crippen molar-refractivity contribution in [3.05, 3.63) is 70.8 Å². The summed E-state index contributed by atoms with van der Waals surface area (Å²) in [5, 5.41) is 3.29. The monoisotopic (exact) mass is 291 g/mol. The van der Waals surface area contributed by atoms with Crippen LogP contribution >= 0.6 is 0 Å². The minimum absolute atomic E-state index is 0.0567. The van der Waals surface area contributed by atoms with Crippen LogP contribution in [-0.2, 0) is 17.9 Å². The molecule has 1 unspecified atom stereocenters. The second-order valence-corrected chi connectivity index (χ2v) is 5.03. The molecule has 1 N–H and O–H groups in total. The number of halogens is 2. The third-order valence-corrected chi connectivity index (χ3v) is 3.39. The third-order valence-electron chi connectivity index (χ3n) is 3.39. The van der Waals surface area contributed by atoms with E-state index in [2.05, 4.69) is 5.32 Å². The van der Waals surface area contributed by atoms with E-state index in [9.17, 15) is 8.78 Å². The summed E-state index contributed by atoms with van der Waals surface area (Å²) in [5.41, 5.74) is 2.98. The van der Waals surface area contributed by atoms with Crippen molar-refractivity contribution in [3.63, 3.8) is 0 Å². The molecule has 2 aromatic rings. The molecular weight excluding hydrogens is 272 g/mol. The van der Waals surface area contributed by atoms with Gasteiger partial charge in [0.2, 0.25) is 0 Å². The van der Waals surface area contributed by atoms with Crippen molar-refractivity contribution in [2.45, 2.75) is 26.1 Å². The van der Waals surface area contributed by atoms with Gasteiger partial charge in [-0.15, -0.1) is 0 Å². The largest absolute Gasteiger partial charge is 0.380 e. The van der Waals surface area contributed by atoms with Crippen LogP contribution in [0.1, 0.15) is 29.7 Å². The lowest BCUT2D eigenvalue weighted by Gasteiger charge is -2.15. The van der Waals surface area contributed by atoms with E-state index in [1.54, 1.807) is 13.2 Å². The van der Waals surface area contributed by atoms with Crippen LogP contribution in [0.4, 0.5) is 8.78 Å². The summed E-state index contributed by atoms with van der Waals surface area (Å²) in [7, 11) is 1.67. The van der Waals surface area contributed by atoms with Crippen LogP contribution in [0, 0.1) is 11.6 Å². The highest BCUT2D eigenvalue weighted by Gasteiger charge is 2.08. The molecule has 0 bridgehead atoms. The Labute approximate surface area is 123 Å². The molecule has 0 spiro atoms. The van der Waals surface area contributed by atoms with Crippen LogP contribution < -0.4 is 5.32 Å². The van der Waals surface area contributed by atoms with Gasteiger partial charge in [0, 0.05) is 19.7 Å². The van der Waals surface area contributed by atoms with Crippen LogP contribution in [0.3, 0.4) is 0 Å². The average Bonchev–Trinajstić information content (AvgIpc) is 2.49. The molecule has 0 fully saturated rings. The van der Waals surface area contributed by atoms with E-state index in [0.29, 0.717) is 13.2 Å². The number of benzene rings is 2. The summed E-state index contributed by atoms with van der Waals surface area (Å²) in [6.45, 7) is 3.18. The zero-order valence-corrected chi connectivity index (χ0v) is 12.2. The Morgan fingerprint density at radius 3 is 2.29 bits per heavy atom. The Morgan fingerprint density at radius 1 is 1.00 bits per heavy atom. The van der Waals surface area contributed by atoms with E-state index in [1.807, 2.05) is 31.2 Å². The number of hydrogen-bond donors (Lipinski definition) is 1. The predicted molar refractivity (Wildman–Crippen MR) is 78.8 cm³/mol. The number of hydrogen-bond acceptors (Lipinski definition) is 2. The second kappa shape index (κ2) is 7.29. The number of ether oxygens (including phenoxy) is 1. The van der Waals surface area contributed by atoms with Crippen LogP contribution in [0.5, 0.6) is 0 Å². The standard InChI is InChI=1S/C17H19F2NO/c1-12(15-7-8-16(18)17(19)9-15)20-10-13-3-5-14(6-4-13)11-21-2/h3-9,12,20H,10-11H2,1-2H3. The maximum atomic E-state index is 13.2. The van der Waals surface area contributed by atoms with Gasteiger partial charge in [-0.1, -0.05) is 30.3 Å². The van der Waals surface area contributed by atoms with Gasteiger partial charge in [0.25, 0.3) is 0 Å². The molecule has 112 valence electrons. The van der Waals surface area contributed by atoms with Crippen LogP contribution in [0.15, 0.2) is 42.5 Å². The molecule has 0 saturated heterocycles. The highest BCUT2D eigenvalue weighted by Crippen LogP contribution is 2.16. The van der Waals surface area contributed by atoms with Crippen LogP contribution in [0.2, 0.25) is 0 Å². The molecule has 0 aromatic heterocycles. The summed E-state index contributed by atoms with van der Waals surface area (Å²) in [4.78, 5) is 0. The molecule has 21 heavy (non-hydrogen) atoms. The van der Waals surface area contributed by atoms with Gasteiger partial charge < -0.3 is 10.1 Å². The van der Waals surface area contributed by atoms with E-state index in [4.69, 9.17) is 4.74 Å². The van der Waals surface area contributed by atoms with Crippen molar-refractivity contribution < 1.29 is 13.5 Å². The average molecular weight is 291 g/mol. The minimum atomic E-state index is -0.820. The van der Waals surface area contributed by atoms with Gasteiger partial charge in [-0.05, 0) is 35.7 Å². The molecule has 0 aliphatic heterocycles. The maximum Gasteiger partial charge on any atom is 0.159 e. The van der Waals surface area contributed by atoms with Gasteiger partial charge in [0.05, 0.1) is 6.61 Å². The first-order valence-corrected chi connectivity index (χ1v) is 6.85. The van der Waals surface area contributed by atoms with Crippen molar-refractivity contribution in [2.75, 3.05) is 7.11 Å². The summed E-state index contributed by atoms with van der Waals surface area (Å²) in [6.07, 6.45) is 0. The molecule has 2 rings (SSSR count). The Kier molecular flexibility index (Phi) is 5.42. The fourth-order valence-electron chi connectivity index (χ4n) is 2.09. The van der Waals surface area contributed by atoms with E-state index >= 15 is 0 Å². The van der Waals surface area contributed by atoms with Gasteiger partial charge in [-0.3, -0.25) is 0 Å². The third kappa shape index (κ3) is 4.34. The predicted octanol–water partition coefficient (Wildman–Crippen LogP) is 3.96. The zero-order valence-electron chi connectivity index (χ0n) is 12.2. The Balaban J connectivity index is 1.93.